The third-order valence-corrected chi connectivity index (χ3v) is 13.6. The van der Waals surface area contributed by atoms with Gasteiger partial charge in [0.2, 0.25) is 11.9 Å². The van der Waals surface area contributed by atoms with Crippen molar-refractivity contribution in [3.63, 3.8) is 0 Å². The van der Waals surface area contributed by atoms with Crippen LogP contribution in [0.15, 0.2) is 37.1 Å². The minimum atomic E-state index is -4.55. The van der Waals surface area contributed by atoms with Gasteiger partial charge in [0.05, 0.1) is 24.9 Å². The Hall–Kier alpha value is -4.43. The number of aryl methyl sites for hydroxylation is 1. The van der Waals surface area contributed by atoms with E-state index in [2.05, 4.69) is 37.5 Å². The summed E-state index contributed by atoms with van der Waals surface area (Å²) in [5, 5.41) is 8.94. The van der Waals surface area contributed by atoms with Gasteiger partial charge in [0.25, 0.3) is 0 Å². The average Bonchev–Trinajstić information content (AvgIpc) is 3.88. The van der Waals surface area contributed by atoms with E-state index in [0.29, 0.717) is 36.0 Å². The van der Waals surface area contributed by atoms with Gasteiger partial charge in [0.1, 0.15) is 11.3 Å². The number of aromatic amines is 1. The van der Waals surface area contributed by atoms with Gasteiger partial charge < -0.3 is 29.1 Å². The van der Waals surface area contributed by atoms with Gasteiger partial charge in [-0.05, 0) is 99.4 Å². The number of fused-ring (bicyclic) bond motifs is 2. The zero-order valence-corrected chi connectivity index (χ0v) is 32.0. The Morgan fingerprint density at radius 1 is 0.982 bits per heavy atom. The summed E-state index contributed by atoms with van der Waals surface area (Å²) in [6.45, 7) is 13.6. The maximum absolute atomic E-state index is 14.2. The number of H-pyrrole nitrogens is 1. The van der Waals surface area contributed by atoms with E-state index in [4.69, 9.17) is 19.4 Å². The molecule has 10 rings (SSSR count). The van der Waals surface area contributed by atoms with Gasteiger partial charge >= 0.3 is 6.18 Å². The number of hydrogen-bond acceptors (Lipinski definition) is 9. The molecule has 6 fully saturated rings. The summed E-state index contributed by atoms with van der Waals surface area (Å²) >= 11 is 0. The molecule has 0 atom stereocenters. The molecule has 1 saturated carbocycles. The molecule has 0 bridgehead atoms. The maximum atomic E-state index is 14.2. The number of rotatable bonds is 9. The third kappa shape index (κ3) is 6.36. The van der Waals surface area contributed by atoms with E-state index < -0.39 is 12.8 Å². The summed E-state index contributed by atoms with van der Waals surface area (Å²) in [5.74, 6) is 2.24. The molecule has 1 amide bonds. The van der Waals surface area contributed by atoms with Gasteiger partial charge in [0.15, 0.2) is 12.4 Å². The van der Waals surface area contributed by atoms with Crippen molar-refractivity contribution < 1.29 is 27.4 Å². The highest BCUT2D eigenvalue weighted by Crippen LogP contribution is 2.54. The molecule has 5 saturated heterocycles. The lowest BCUT2D eigenvalue weighted by atomic mass is 9.72. The van der Waals surface area contributed by atoms with Crippen LogP contribution < -0.4 is 14.5 Å². The molecule has 11 nitrogen and oxygen atoms in total. The van der Waals surface area contributed by atoms with E-state index in [0.717, 1.165) is 136 Å². The average molecular weight is 771 g/mol. The number of alkyl halides is 3. The van der Waals surface area contributed by atoms with Crippen LogP contribution in [0.3, 0.4) is 0 Å². The molecule has 5 aliphatic heterocycles. The number of amides is 1. The Bertz CT molecular complexity index is 2180. The lowest BCUT2D eigenvalue weighted by molar-refractivity contribution is -0.153. The van der Waals surface area contributed by atoms with Crippen LogP contribution in [-0.2, 0) is 9.53 Å². The fraction of sp³-hybridized carbons (Fsp3) is 0.571. The van der Waals surface area contributed by atoms with E-state index in [1.165, 1.54) is 6.08 Å². The lowest BCUT2D eigenvalue weighted by Crippen LogP contribution is -2.62. The molecule has 4 aromatic rings. The lowest BCUT2D eigenvalue weighted by Gasteiger charge is -2.55. The number of carbonyl (C=O) groups excluding carboxylic acids is 1. The molecule has 0 radical (unpaired) electrons. The highest BCUT2D eigenvalue weighted by atomic mass is 19.4. The van der Waals surface area contributed by atoms with E-state index in [1.807, 2.05) is 24.0 Å². The molecule has 1 aliphatic carbocycles. The molecule has 7 heterocycles. The van der Waals surface area contributed by atoms with Crippen LogP contribution in [0.25, 0.3) is 32.9 Å². The van der Waals surface area contributed by atoms with Crippen LogP contribution in [0.2, 0.25) is 0 Å². The fourth-order valence-corrected chi connectivity index (χ4v) is 10.1. The summed E-state index contributed by atoms with van der Waals surface area (Å²) in [5.41, 5.74) is 4.85. The molecule has 56 heavy (non-hydrogen) atoms. The quantitative estimate of drug-likeness (QED) is 0.192. The maximum Gasteiger partial charge on any atom is 0.422 e. The van der Waals surface area contributed by atoms with Crippen molar-refractivity contribution in [2.45, 2.75) is 57.5 Å². The van der Waals surface area contributed by atoms with E-state index >= 15 is 0 Å². The van der Waals surface area contributed by atoms with E-state index in [-0.39, 0.29) is 28.4 Å². The van der Waals surface area contributed by atoms with E-state index in [1.54, 1.807) is 6.20 Å². The second-order valence-electron chi connectivity index (χ2n) is 17.6. The normalized spacial score (nSPS) is 22.4. The molecule has 14 heteroatoms. The first-order chi connectivity index (χ1) is 27.0. The van der Waals surface area contributed by atoms with Crippen LogP contribution >= 0.6 is 0 Å². The van der Waals surface area contributed by atoms with Crippen molar-refractivity contribution in [3.8, 4) is 16.9 Å². The number of nitrogens with zero attached hydrogens (tertiary/aromatic N) is 7. The second-order valence-corrected chi connectivity index (χ2v) is 17.6. The van der Waals surface area contributed by atoms with Crippen LogP contribution in [-0.4, -0.2) is 121 Å². The summed E-state index contributed by atoms with van der Waals surface area (Å²) in [7, 11) is 0. The topological polar surface area (TPSA) is 103 Å². The van der Waals surface area contributed by atoms with Crippen molar-refractivity contribution in [2.24, 2.45) is 16.7 Å². The predicted octanol–water partition coefficient (Wildman–Crippen LogP) is 6.46. The Kier molecular flexibility index (Phi) is 8.55. The standard InChI is InChI=1S/C42H49F3N8O3/c1-3-33(54)52-21-41(22-52)10-14-51(15-11-41)38-30-16-29(28-5-6-28)35(34-26(2)4-7-32-31(34)17-46-49-32)37(56-25-42(43,44)45)36(30)47-39(48-38)53-23-40(24-53)8-12-50(13-9-40)18-27-19-55-20-27/h3-4,7,16-17,27-28H,1,5-6,8-15,18-25H2,2H3,(H,46,49). The minimum Gasteiger partial charge on any atom is -0.481 e. The molecule has 2 aromatic carbocycles. The molecular formula is C42H49F3N8O3. The van der Waals surface area contributed by atoms with Crippen LogP contribution in [0.5, 0.6) is 5.75 Å². The molecule has 0 unspecified atom stereocenters. The molecule has 2 spiro atoms. The predicted molar refractivity (Wildman–Crippen MR) is 208 cm³/mol. The molecule has 2 aromatic heterocycles. The number of benzene rings is 2. The molecule has 1 N–H and O–H groups in total. The first-order valence-electron chi connectivity index (χ1n) is 20.2. The first kappa shape index (κ1) is 35.9. The smallest absolute Gasteiger partial charge is 0.422 e. The van der Waals surface area contributed by atoms with Gasteiger partial charge in [-0.25, -0.2) is 4.98 Å². The SMILES string of the molecule is C=CC(=O)N1CC2(CCN(c3nc(N4CC5(CCN(CC6COC6)CC5)C4)nc4c(OCC(F)(F)F)c(-c5c(C)ccc6[nH]ncc56)c(C5CC5)cc34)CC2)C1. The number of likely N-dealkylation sites (tertiary alicyclic amines) is 2. The first-order valence-corrected chi connectivity index (χ1v) is 20.2. The zero-order chi connectivity index (χ0) is 38.4. The summed E-state index contributed by atoms with van der Waals surface area (Å²) < 4.78 is 54.0. The highest BCUT2D eigenvalue weighted by molar-refractivity contribution is 6.06. The van der Waals surface area contributed by atoms with Gasteiger partial charge in [-0.2, -0.15) is 23.3 Å². The van der Waals surface area contributed by atoms with Crippen molar-refractivity contribution >= 4 is 39.5 Å². The molecule has 6 aliphatic rings. The van der Waals surface area contributed by atoms with Crippen LogP contribution in [0.4, 0.5) is 24.9 Å². The number of halogens is 3. The number of nitrogens with one attached hydrogen (secondary N) is 1. The zero-order valence-electron chi connectivity index (χ0n) is 32.0. The number of aromatic nitrogens is 4. The Balaban J connectivity index is 1.06. The number of carbonyl (C=O) groups is 1. The Morgan fingerprint density at radius 3 is 2.36 bits per heavy atom. The molecule has 296 valence electrons. The Morgan fingerprint density at radius 2 is 1.70 bits per heavy atom. The number of ether oxygens (including phenoxy) is 2. The summed E-state index contributed by atoms with van der Waals surface area (Å²) in [6.07, 6.45) is 4.43. The minimum absolute atomic E-state index is 0.0356. The van der Waals surface area contributed by atoms with E-state index in [9.17, 15) is 18.0 Å². The van der Waals surface area contributed by atoms with Gasteiger partial charge in [-0.15, -0.1) is 0 Å². The van der Waals surface area contributed by atoms with Gasteiger partial charge in [-0.3, -0.25) is 9.89 Å². The Labute approximate surface area is 324 Å². The fourth-order valence-electron chi connectivity index (χ4n) is 10.1. The summed E-state index contributed by atoms with van der Waals surface area (Å²) in [6, 6.07) is 6.09. The van der Waals surface area contributed by atoms with Gasteiger partial charge in [-0.1, -0.05) is 12.6 Å². The number of piperidine rings is 2. The van der Waals surface area contributed by atoms with Gasteiger partial charge in [0, 0.05) is 78.9 Å². The second kappa shape index (κ2) is 13.3. The van der Waals surface area contributed by atoms with Crippen LogP contribution in [0, 0.1) is 23.7 Å². The highest BCUT2D eigenvalue weighted by Gasteiger charge is 2.48. The van der Waals surface area contributed by atoms with Crippen molar-refractivity contribution in [2.75, 3.05) is 88.5 Å². The number of anilines is 2. The summed E-state index contributed by atoms with van der Waals surface area (Å²) in [4.78, 5) is 31.8. The molecular weight excluding hydrogens is 722 g/mol. The van der Waals surface area contributed by atoms with Crippen LogP contribution in [0.1, 0.15) is 55.6 Å². The third-order valence-electron chi connectivity index (χ3n) is 13.6. The monoisotopic (exact) mass is 770 g/mol. The number of hydrogen-bond donors (Lipinski definition) is 1. The van der Waals surface area contributed by atoms with Crippen molar-refractivity contribution in [1.82, 2.24) is 30.0 Å². The largest absolute Gasteiger partial charge is 0.481 e. The van der Waals surface area contributed by atoms with Crippen molar-refractivity contribution in [3.05, 3.63) is 48.2 Å². The van der Waals surface area contributed by atoms with Crippen molar-refractivity contribution in [1.29, 1.82) is 0 Å².